The van der Waals surface area contributed by atoms with E-state index in [-0.39, 0.29) is 12.8 Å². The second-order valence-corrected chi connectivity index (χ2v) is 5.31. The van der Waals surface area contributed by atoms with Gasteiger partial charge in [-0.2, -0.15) is 8.42 Å². The quantitative estimate of drug-likeness (QED) is 0.642. The summed E-state index contributed by atoms with van der Waals surface area (Å²) in [5.41, 5.74) is 5.01. The topological polar surface area (TPSA) is 80.4 Å². The van der Waals surface area contributed by atoms with E-state index < -0.39 is 20.9 Å². The van der Waals surface area contributed by atoms with Gasteiger partial charge in [-0.3, -0.25) is 4.55 Å². The Morgan fingerprint density at radius 2 is 2.00 bits per heavy atom. The van der Waals surface area contributed by atoms with Crippen molar-refractivity contribution in [2.45, 2.75) is 37.5 Å². The van der Waals surface area contributed by atoms with Crippen LogP contribution < -0.4 is 5.73 Å². The molecule has 0 amide bonds. The van der Waals surface area contributed by atoms with Gasteiger partial charge < -0.3 is 5.73 Å². The van der Waals surface area contributed by atoms with Gasteiger partial charge in [0, 0.05) is 5.54 Å². The standard InChI is InChI=1S/C7H16NO3S/c1-4-6(12(9,10)11)5-7(2,3)8/h6H,1,4-5,8H2,2-3H3,(H,9,10,11). The van der Waals surface area contributed by atoms with Crippen LogP contribution in [0.5, 0.6) is 0 Å². The van der Waals surface area contributed by atoms with Crippen molar-refractivity contribution >= 4 is 10.1 Å². The zero-order valence-electron chi connectivity index (χ0n) is 7.45. The highest BCUT2D eigenvalue weighted by Gasteiger charge is 2.26. The molecule has 73 valence electrons. The molecule has 0 fully saturated rings. The summed E-state index contributed by atoms with van der Waals surface area (Å²) in [5, 5.41) is -0.850. The third kappa shape index (κ3) is 4.69. The molecule has 0 aliphatic carbocycles. The van der Waals surface area contributed by atoms with Gasteiger partial charge in [0.05, 0.1) is 5.25 Å². The fourth-order valence-corrected chi connectivity index (χ4v) is 1.88. The molecule has 0 aliphatic rings. The summed E-state index contributed by atoms with van der Waals surface area (Å²) in [5.74, 6) is 0. The Morgan fingerprint density at radius 3 is 2.08 bits per heavy atom. The van der Waals surface area contributed by atoms with E-state index in [9.17, 15) is 8.42 Å². The molecule has 0 aromatic rings. The Hall–Kier alpha value is -0.130. The third-order valence-electron chi connectivity index (χ3n) is 1.50. The molecule has 0 bridgehead atoms. The molecular weight excluding hydrogens is 178 g/mol. The average molecular weight is 194 g/mol. The summed E-state index contributed by atoms with van der Waals surface area (Å²) in [6.45, 7) is 6.86. The molecule has 1 unspecified atom stereocenters. The molecule has 0 saturated carbocycles. The van der Waals surface area contributed by atoms with E-state index in [1.54, 1.807) is 13.8 Å². The van der Waals surface area contributed by atoms with Crippen LogP contribution in [-0.2, 0) is 10.1 Å². The minimum Gasteiger partial charge on any atom is -0.326 e. The lowest BCUT2D eigenvalue weighted by molar-refractivity contribution is 0.417. The van der Waals surface area contributed by atoms with Crippen molar-refractivity contribution in [1.29, 1.82) is 0 Å². The lowest BCUT2D eigenvalue weighted by Crippen LogP contribution is -2.38. The van der Waals surface area contributed by atoms with Crippen molar-refractivity contribution in [3.63, 3.8) is 0 Å². The first-order chi connectivity index (χ1) is 5.17. The molecule has 3 N–H and O–H groups in total. The summed E-state index contributed by atoms with van der Waals surface area (Å²) in [6, 6.07) is 0. The molecule has 0 aliphatic heterocycles. The van der Waals surface area contributed by atoms with E-state index in [1.807, 2.05) is 0 Å². The van der Waals surface area contributed by atoms with E-state index in [4.69, 9.17) is 10.3 Å². The third-order valence-corrected chi connectivity index (χ3v) is 2.74. The van der Waals surface area contributed by atoms with Crippen LogP contribution in [0.2, 0.25) is 0 Å². The summed E-state index contributed by atoms with van der Waals surface area (Å²) < 4.78 is 30.1. The van der Waals surface area contributed by atoms with Crippen LogP contribution in [0.1, 0.15) is 26.7 Å². The lowest BCUT2D eigenvalue weighted by Gasteiger charge is -2.22. The van der Waals surface area contributed by atoms with Gasteiger partial charge in [-0.1, -0.05) is 6.92 Å². The van der Waals surface area contributed by atoms with E-state index in [1.165, 1.54) is 0 Å². The maximum Gasteiger partial charge on any atom is 0.267 e. The fourth-order valence-electron chi connectivity index (χ4n) is 0.943. The van der Waals surface area contributed by atoms with Crippen molar-refractivity contribution in [3.05, 3.63) is 6.92 Å². The Morgan fingerprint density at radius 1 is 1.58 bits per heavy atom. The first kappa shape index (κ1) is 11.9. The lowest BCUT2D eigenvalue weighted by atomic mass is 9.99. The maximum absolute atomic E-state index is 10.7. The molecule has 0 aromatic heterocycles. The molecule has 1 radical (unpaired) electrons. The normalized spacial score (nSPS) is 16.1. The van der Waals surface area contributed by atoms with Crippen LogP contribution in [0.15, 0.2) is 0 Å². The van der Waals surface area contributed by atoms with Gasteiger partial charge in [0.1, 0.15) is 0 Å². The molecule has 5 heteroatoms. The van der Waals surface area contributed by atoms with E-state index in [0.717, 1.165) is 0 Å². The highest BCUT2D eigenvalue weighted by molar-refractivity contribution is 7.86. The SMILES string of the molecule is [CH2]CC(CC(C)(C)N)S(=O)(=O)O. The number of hydrogen-bond acceptors (Lipinski definition) is 3. The molecule has 1 atom stereocenters. The molecule has 12 heavy (non-hydrogen) atoms. The van der Waals surface area contributed by atoms with Gasteiger partial charge in [-0.25, -0.2) is 0 Å². The zero-order valence-corrected chi connectivity index (χ0v) is 8.26. The molecule has 0 heterocycles. The fraction of sp³-hybridized carbons (Fsp3) is 0.857. The minimum absolute atomic E-state index is 0.138. The highest BCUT2D eigenvalue weighted by Crippen LogP contribution is 2.16. The minimum atomic E-state index is -3.99. The summed E-state index contributed by atoms with van der Waals surface area (Å²) in [7, 11) is -3.99. The van der Waals surface area contributed by atoms with Gasteiger partial charge in [0.25, 0.3) is 10.1 Å². The van der Waals surface area contributed by atoms with Crippen LogP contribution in [0.3, 0.4) is 0 Å². The second-order valence-electron chi connectivity index (χ2n) is 3.62. The summed E-state index contributed by atoms with van der Waals surface area (Å²) in [6.07, 6.45) is 0.356. The highest BCUT2D eigenvalue weighted by atomic mass is 32.2. The monoisotopic (exact) mass is 194 g/mol. The van der Waals surface area contributed by atoms with Gasteiger partial charge in [-0.15, -0.1) is 0 Å². The van der Waals surface area contributed by atoms with E-state index >= 15 is 0 Å². The average Bonchev–Trinajstić information content (AvgIpc) is 1.78. The summed E-state index contributed by atoms with van der Waals surface area (Å²) in [4.78, 5) is 0. The number of nitrogens with two attached hydrogens (primary N) is 1. The van der Waals surface area contributed by atoms with Gasteiger partial charge >= 0.3 is 0 Å². The first-order valence-corrected chi connectivity index (χ1v) is 5.21. The first-order valence-electron chi connectivity index (χ1n) is 3.71. The molecule has 0 spiro atoms. The molecule has 4 nitrogen and oxygen atoms in total. The largest absolute Gasteiger partial charge is 0.326 e. The van der Waals surface area contributed by atoms with Crippen molar-refractivity contribution in [2.24, 2.45) is 5.73 Å². The molecule has 0 saturated heterocycles. The summed E-state index contributed by atoms with van der Waals surface area (Å²) >= 11 is 0. The van der Waals surface area contributed by atoms with Crippen molar-refractivity contribution in [1.82, 2.24) is 0 Å². The number of rotatable bonds is 4. The Bertz CT molecular complexity index is 228. The smallest absolute Gasteiger partial charge is 0.267 e. The van der Waals surface area contributed by atoms with Gasteiger partial charge in [-0.05, 0) is 26.7 Å². The van der Waals surface area contributed by atoms with Crippen molar-refractivity contribution in [2.75, 3.05) is 0 Å². The van der Waals surface area contributed by atoms with E-state index in [2.05, 4.69) is 6.92 Å². The number of hydrogen-bond donors (Lipinski definition) is 2. The maximum atomic E-state index is 10.7. The Balaban J connectivity index is 4.41. The zero-order chi connectivity index (χ0) is 9.99. The van der Waals surface area contributed by atoms with Crippen LogP contribution in [0.25, 0.3) is 0 Å². The van der Waals surface area contributed by atoms with Crippen LogP contribution in [0.4, 0.5) is 0 Å². The van der Waals surface area contributed by atoms with Crippen molar-refractivity contribution in [3.8, 4) is 0 Å². The molecule has 0 aromatic carbocycles. The van der Waals surface area contributed by atoms with Crippen molar-refractivity contribution < 1.29 is 13.0 Å². The molecule has 0 rings (SSSR count). The molecular formula is C7H16NO3S. The predicted molar refractivity (Wildman–Crippen MR) is 48.2 cm³/mol. The van der Waals surface area contributed by atoms with Gasteiger partial charge in [0.15, 0.2) is 0 Å². The second kappa shape index (κ2) is 3.72. The van der Waals surface area contributed by atoms with Crippen LogP contribution >= 0.6 is 0 Å². The Kier molecular flexibility index (Phi) is 3.68. The van der Waals surface area contributed by atoms with Crippen LogP contribution in [0, 0.1) is 6.92 Å². The Labute approximate surface area is 73.9 Å². The van der Waals surface area contributed by atoms with E-state index in [0.29, 0.717) is 0 Å². The van der Waals surface area contributed by atoms with Gasteiger partial charge in [0.2, 0.25) is 0 Å². The van der Waals surface area contributed by atoms with Crippen LogP contribution in [-0.4, -0.2) is 23.8 Å². The predicted octanol–water partition coefficient (Wildman–Crippen LogP) is 0.594.